The molecule has 3 rings (SSSR count). The quantitative estimate of drug-likeness (QED) is 0.359. The van der Waals surface area contributed by atoms with Gasteiger partial charge in [-0.2, -0.15) is 4.98 Å². The van der Waals surface area contributed by atoms with E-state index in [0.29, 0.717) is 17.8 Å². The molecule has 2 aromatic rings. The fraction of sp³-hybridized carbons (Fsp3) is 0.571. The van der Waals surface area contributed by atoms with E-state index < -0.39 is 0 Å². The molecule has 1 aromatic heterocycles. The first kappa shape index (κ1) is 21.1. The summed E-state index contributed by atoms with van der Waals surface area (Å²) in [5.74, 6) is 2.94. The smallest absolute Gasteiger partial charge is 0.226 e. The highest BCUT2D eigenvalue weighted by molar-refractivity contribution is 5.79. The van der Waals surface area contributed by atoms with E-state index in [1.165, 1.54) is 0 Å². The standard InChI is InChI=1S/C21H31N5O3/c1-22-21(24-15-18-7-6-14-28-18)23-13-5-3-4-8-19-25-20(26-29-19)16-9-11-17(27-2)12-10-16/h9-12,18H,3-8,13-15H2,1-2H3,(H2,22,23,24). The van der Waals surface area contributed by atoms with Gasteiger partial charge in [0.25, 0.3) is 0 Å². The Bertz CT molecular complexity index is 754. The second-order valence-corrected chi connectivity index (χ2v) is 7.07. The average Bonchev–Trinajstić information content (AvgIpc) is 3.45. The number of aromatic nitrogens is 2. The molecule has 1 fully saturated rings. The lowest BCUT2D eigenvalue weighted by Crippen LogP contribution is -2.41. The highest BCUT2D eigenvalue weighted by Gasteiger charge is 2.15. The molecule has 0 spiro atoms. The van der Waals surface area contributed by atoms with Crippen LogP contribution in [0, 0.1) is 0 Å². The van der Waals surface area contributed by atoms with Crippen molar-refractivity contribution in [2.45, 2.75) is 44.6 Å². The van der Waals surface area contributed by atoms with Crippen LogP contribution in [0.15, 0.2) is 33.8 Å². The van der Waals surface area contributed by atoms with Crippen molar-refractivity contribution < 1.29 is 14.0 Å². The van der Waals surface area contributed by atoms with Crippen molar-refractivity contribution in [2.75, 3.05) is 33.9 Å². The SMILES string of the molecule is CN=C(NCCCCCc1nc(-c2ccc(OC)cc2)no1)NCC1CCCO1. The molecule has 8 heteroatoms. The van der Waals surface area contributed by atoms with Crippen LogP contribution < -0.4 is 15.4 Å². The number of hydrogen-bond donors (Lipinski definition) is 2. The maximum absolute atomic E-state index is 5.62. The third-order valence-electron chi connectivity index (χ3n) is 4.92. The van der Waals surface area contributed by atoms with Crippen LogP contribution in [0.1, 0.15) is 38.0 Å². The van der Waals surface area contributed by atoms with Gasteiger partial charge in [-0.1, -0.05) is 11.6 Å². The molecule has 0 radical (unpaired) electrons. The molecule has 1 aromatic carbocycles. The molecular weight excluding hydrogens is 370 g/mol. The fourth-order valence-corrected chi connectivity index (χ4v) is 3.23. The van der Waals surface area contributed by atoms with E-state index in [9.17, 15) is 0 Å². The minimum Gasteiger partial charge on any atom is -0.497 e. The number of methoxy groups -OCH3 is 1. The largest absolute Gasteiger partial charge is 0.497 e. The Morgan fingerprint density at radius 3 is 2.79 bits per heavy atom. The molecule has 1 atom stereocenters. The lowest BCUT2D eigenvalue weighted by atomic mass is 10.2. The zero-order valence-electron chi connectivity index (χ0n) is 17.3. The van der Waals surface area contributed by atoms with Gasteiger partial charge in [-0.25, -0.2) is 0 Å². The molecule has 0 bridgehead atoms. The van der Waals surface area contributed by atoms with Crippen molar-refractivity contribution >= 4 is 5.96 Å². The van der Waals surface area contributed by atoms with Gasteiger partial charge in [0, 0.05) is 38.7 Å². The van der Waals surface area contributed by atoms with Crippen LogP contribution in [0.3, 0.4) is 0 Å². The lowest BCUT2D eigenvalue weighted by Gasteiger charge is -2.14. The zero-order valence-corrected chi connectivity index (χ0v) is 17.3. The minimum absolute atomic E-state index is 0.311. The van der Waals surface area contributed by atoms with Gasteiger partial charge in [-0.05, 0) is 49.9 Å². The van der Waals surface area contributed by atoms with Crippen LogP contribution in [0.2, 0.25) is 0 Å². The number of rotatable bonds is 10. The van der Waals surface area contributed by atoms with Gasteiger partial charge in [-0.3, -0.25) is 4.99 Å². The van der Waals surface area contributed by atoms with Crippen molar-refractivity contribution in [3.8, 4) is 17.1 Å². The van der Waals surface area contributed by atoms with Crippen LogP contribution in [-0.4, -0.2) is 56.1 Å². The van der Waals surface area contributed by atoms with Crippen molar-refractivity contribution in [1.82, 2.24) is 20.8 Å². The number of unbranched alkanes of at least 4 members (excludes halogenated alkanes) is 2. The molecule has 2 heterocycles. The molecule has 158 valence electrons. The number of aliphatic imine (C=N–C) groups is 1. The third-order valence-corrected chi connectivity index (χ3v) is 4.92. The van der Waals surface area contributed by atoms with E-state index in [2.05, 4.69) is 25.8 Å². The number of hydrogen-bond acceptors (Lipinski definition) is 6. The molecule has 0 aliphatic carbocycles. The first-order valence-electron chi connectivity index (χ1n) is 10.3. The summed E-state index contributed by atoms with van der Waals surface area (Å²) in [5.41, 5.74) is 0.923. The molecular formula is C21H31N5O3. The van der Waals surface area contributed by atoms with Gasteiger partial charge in [0.1, 0.15) is 5.75 Å². The Labute approximate surface area is 172 Å². The summed E-state index contributed by atoms with van der Waals surface area (Å²) in [6.45, 7) is 2.57. The number of nitrogens with zero attached hydrogens (tertiary/aromatic N) is 3. The number of benzene rings is 1. The first-order valence-corrected chi connectivity index (χ1v) is 10.3. The molecule has 8 nitrogen and oxygen atoms in total. The normalized spacial score (nSPS) is 16.8. The van der Waals surface area contributed by atoms with Crippen LogP contribution >= 0.6 is 0 Å². The minimum atomic E-state index is 0.311. The number of nitrogens with one attached hydrogen (secondary N) is 2. The molecule has 1 aliphatic rings. The maximum Gasteiger partial charge on any atom is 0.226 e. The van der Waals surface area contributed by atoms with Crippen molar-refractivity contribution in [3.05, 3.63) is 30.2 Å². The second kappa shape index (κ2) is 11.4. The molecule has 1 aliphatic heterocycles. The number of guanidine groups is 1. The zero-order chi connectivity index (χ0) is 20.3. The van der Waals surface area contributed by atoms with E-state index in [0.717, 1.165) is 75.5 Å². The van der Waals surface area contributed by atoms with Crippen LogP contribution in [-0.2, 0) is 11.2 Å². The molecule has 29 heavy (non-hydrogen) atoms. The monoisotopic (exact) mass is 401 g/mol. The van der Waals surface area contributed by atoms with Crippen LogP contribution in [0.5, 0.6) is 5.75 Å². The summed E-state index contributed by atoms with van der Waals surface area (Å²) in [6.07, 6.45) is 6.52. The van der Waals surface area contributed by atoms with Crippen molar-refractivity contribution in [2.24, 2.45) is 4.99 Å². The fourth-order valence-electron chi connectivity index (χ4n) is 3.23. The second-order valence-electron chi connectivity index (χ2n) is 7.07. The Morgan fingerprint density at radius 1 is 1.21 bits per heavy atom. The van der Waals surface area contributed by atoms with E-state index in [-0.39, 0.29) is 0 Å². The predicted molar refractivity (Wildman–Crippen MR) is 112 cm³/mol. The summed E-state index contributed by atoms with van der Waals surface area (Å²) >= 11 is 0. The Hall–Kier alpha value is -2.61. The molecule has 0 amide bonds. The summed E-state index contributed by atoms with van der Waals surface area (Å²) in [5, 5.41) is 10.7. The van der Waals surface area contributed by atoms with Gasteiger partial charge in [0.05, 0.1) is 13.2 Å². The van der Waals surface area contributed by atoms with Crippen molar-refractivity contribution in [3.63, 3.8) is 0 Å². The molecule has 2 N–H and O–H groups in total. The molecule has 1 unspecified atom stereocenters. The van der Waals surface area contributed by atoms with Gasteiger partial charge in [-0.15, -0.1) is 0 Å². The third kappa shape index (κ3) is 6.74. The first-order chi connectivity index (χ1) is 14.3. The maximum atomic E-state index is 5.62. The number of ether oxygens (including phenoxy) is 2. The topological polar surface area (TPSA) is 93.8 Å². The highest BCUT2D eigenvalue weighted by Crippen LogP contribution is 2.20. The summed E-state index contributed by atoms with van der Waals surface area (Å²) in [4.78, 5) is 8.74. The molecule has 1 saturated heterocycles. The summed E-state index contributed by atoms with van der Waals surface area (Å²) < 4.78 is 16.2. The van der Waals surface area contributed by atoms with E-state index >= 15 is 0 Å². The molecule has 0 saturated carbocycles. The van der Waals surface area contributed by atoms with Crippen molar-refractivity contribution in [1.29, 1.82) is 0 Å². The average molecular weight is 402 g/mol. The van der Waals surface area contributed by atoms with Crippen LogP contribution in [0.4, 0.5) is 0 Å². The summed E-state index contributed by atoms with van der Waals surface area (Å²) in [6, 6.07) is 7.64. The van der Waals surface area contributed by atoms with Gasteiger partial charge < -0.3 is 24.6 Å². The van der Waals surface area contributed by atoms with Gasteiger partial charge in [0.2, 0.25) is 11.7 Å². The van der Waals surface area contributed by atoms with E-state index in [1.54, 1.807) is 14.2 Å². The Kier molecular flexibility index (Phi) is 8.30. The van der Waals surface area contributed by atoms with E-state index in [1.807, 2.05) is 24.3 Å². The highest BCUT2D eigenvalue weighted by atomic mass is 16.5. The summed E-state index contributed by atoms with van der Waals surface area (Å²) in [7, 11) is 3.44. The Morgan fingerprint density at radius 2 is 2.07 bits per heavy atom. The predicted octanol–water partition coefficient (Wildman–Crippen LogP) is 2.80. The number of aryl methyl sites for hydroxylation is 1. The lowest BCUT2D eigenvalue weighted by molar-refractivity contribution is 0.114. The van der Waals surface area contributed by atoms with Gasteiger partial charge >= 0.3 is 0 Å². The van der Waals surface area contributed by atoms with E-state index in [4.69, 9.17) is 14.0 Å². The van der Waals surface area contributed by atoms with Gasteiger partial charge in [0.15, 0.2) is 5.96 Å². The Balaban J connectivity index is 1.29. The van der Waals surface area contributed by atoms with Crippen LogP contribution in [0.25, 0.3) is 11.4 Å².